The fourth-order valence-electron chi connectivity index (χ4n) is 3.38. The zero-order valence-corrected chi connectivity index (χ0v) is 15.3. The minimum absolute atomic E-state index is 0.855. The Balaban J connectivity index is 1.41. The molecule has 1 saturated heterocycles. The van der Waals surface area contributed by atoms with Crippen LogP contribution in [-0.4, -0.2) is 46.1 Å². The molecular formula is C19H23N5S. The van der Waals surface area contributed by atoms with Crippen LogP contribution in [0.5, 0.6) is 0 Å². The molecule has 5 nitrogen and oxygen atoms in total. The van der Waals surface area contributed by atoms with Crippen LogP contribution in [0.15, 0.2) is 36.8 Å². The number of hydrogen-bond donors (Lipinski definition) is 2. The maximum Gasteiger partial charge on any atom is 0.134 e. The van der Waals surface area contributed by atoms with E-state index in [1.54, 1.807) is 6.33 Å². The molecule has 0 radical (unpaired) electrons. The molecule has 0 unspecified atom stereocenters. The summed E-state index contributed by atoms with van der Waals surface area (Å²) in [5.41, 5.74) is 3.88. The number of fused-ring (bicyclic) bond motifs is 1. The number of anilines is 2. The summed E-state index contributed by atoms with van der Waals surface area (Å²) in [6, 6.07) is 8.46. The van der Waals surface area contributed by atoms with Gasteiger partial charge in [0.2, 0.25) is 0 Å². The van der Waals surface area contributed by atoms with E-state index in [0.717, 1.165) is 37.7 Å². The quantitative estimate of drug-likeness (QED) is 0.735. The second-order valence-corrected chi connectivity index (χ2v) is 7.57. The first-order valence-corrected chi connectivity index (χ1v) is 9.91. The van der Waals surface area contributed by atoms with E-state index in [0.29, 0.717) is 0 Å². The smallest absolute Gasteiger partial charge is 0.134 e. The second kappa shape index (κ2) is 7.35. The van der Waals surface area contributed by atoms with E-state index in [1.807, 2.05) is 11.8 Å². The predicted octanol–water partition coefficient (Wildman–Crippen LogP) is 3.47. The molecule has 1 aliphatic rings. The third kappa shape index (κ3) is 3.58. The molecule has 25 heavy (non-hydrogen) atoms. The van der Waals surface area contributed by atoms with E-state index in [1.165, 1.54) is 33.5 Å². The van der Waals surface area contributed by atoms with Crippen LogP contribution in [0.4, 0.5) is 11.6 Å². The van der Waals surface area contributed by atoms with Crippen molar-refractivity contribution in [3.63, 3.8) is 0 Å². The van der Waals surface area contributed by atoms with E-state index in [-0.39, 0.29) is 0 Å². The van der Waals surface area contributed by atoms with Gasteiger partial charge in [-0.05, 0) is 30.5 Å². The molecule has 0 bridgehead atoms. The predicted molar refractivity (Wildman–Crippen MR) is 107 cm³/mol. The molecule has 130 valence electrons. The van der Waals surface area contributed by atoms with Crippen molar-refractivity contribution in [3.8, 4) is 0 Å². The van der Waals surface area contributed by atoms with Crippen molar-refractivity contribution >= 4 is 34.3 Å². The van der Waals surface area contributed by atoms with Crippen molar-refractivity contribution in [3.05, 3.63) is 47.9 Å². The Kier molecular flexibility index (Phi) is 4.78. The molecular weight excluding hydrogens is 330 g/mol. The van der Waals surface area contributed by atoms with Gasteiger partial charge in [0.25, 0.3) is 0 Å². The fourth-order valence-corrected chi connectivity index (χ4v) is 4.29. The number of aryl methyl sites for hydroxylation is 1. The van der Waals surface area contributed by atoms with Gasteiger partial charge in [-0.2, -0.15) is 11.8 Å². The first-order valence-electron chi connectivity index (χ1n) is 8.75. The largest absolute Gasteiger partial charge is 0.370 e. The van der Waals surface area contributed by atoms with Crippen LogP contribution in [-0.2, 0) is 6.42 Å². The summed E-state index contributed by atoms with van der Waals surface area (Å²) >= 11 is 2.01. The van der Waals surface area contributed by atoms with Crippen molar-refractivity contribution in [1.82, 2.24) is 15.0 Å². The lowest BCUT2D eigenvalue weighted by molar-refractivity contribution is 0.834. The maximum absolute atomic E-state index is 4.43. The van der Waals surface area contributed by atoms with Crippen molar-refractivity contribution < 1.29 is 0 Å². The Bertz CT molecular complexity index is 854. The summed E-state index contributed by atoms with van der Waals surface area (Å²) in [7, 11) is 0. The molecule has 1 fully saturated rings. The molecule has 3 aromatic rings. The van der Waals surface area contributed by atoms with E-state index >= 15 is 0 Å². The number of nitrogens with zero attached hydrogens (tertiary/aromatic N) is 3. The summed E-state index contributed by atoms with van der Waals surface area (Å²) in [5.74, 6) is 4.28. The molecule has 0 amide bonds. The average molecular weight is 353 g/mol. The minimum atomic E-state index is 0.855. The Morgan fingerprint density at radius 3 is 3.00 bits per heavy atom. The van der Waals surface area contributed by atoms with E-state index in [9.17, 15) is 0 Å². The standard InChI is InChI=1S/C19H23N5S/c1-14-3-2-4-16-19(14)15(12-21-16)5-6-20-17-11-18(23-13-22-17)24-7-9-25-10-8-24/h2-4,11-13,21H,5-10H2,1H3,(H,20,22,23). The molecule has 1 aliphatic heterocycles. The highest BCUT2D eigenvalue weighted by molar-refractivity contribution is 7.99. The minimum Gasteiger partial charge on any atom is -0.370 e. The Morgan fingerprint density at radius 1 is 1.24 bits per heavy atom. The highest BCUT2D eigenvalue weighted by Crippen LogP contribution is 2.23. The van der Waals surface area contributed by atoms with Crippen LogP contribution in [0.1, 0.15) is 11.1 Å². The van der Waals surface area contributed by atoms with Gasteiger partial charge in [0.1, 0.15) is 18.0 Å². The van der Waals surface area contributed by atoms with Crippen LogP contribution in [0.2, 0.25) is 0 Å². The van der Waals surface area contributed by atoms with Gasteiger partial charge in [-0.25, -0.2) is 9.97 Å². The number of thioether (sulfide) groups is 1. The summed E-state index contributed by atoms with van der Waals surface area (Å²) in [4.78, 5) is 14.5. The lowest BCUT2D eigenvalue weighted by Gasteiger charge is -2.27. The van der Waals surface area contributed by atoms with Gasteiger partial charge in [0, 0.05) is 54.3 Å². The SMILES string of the molecule is Cc1cccc2[nH]cc(CCNc3cc(N4CCSCC4)ncn3)c12. The molecule has 0 atom stereocenters. The van der Waals surface area contributed by atoms with E-state index in [2.05, 4.69) is 62.6 Å². The second-order valence-electron chi connectivity index (χ2n) is 6.35. The lowest BCUT2D eigenvalue weighted by atomic mass is 10.1. The monoisotopic (exact) mass is 353 g/mol. The van der Waals surface area contributed by atoms with E-state index in [4.69, 9.17) is 0 Å². The molecule has 0 aliphatic carbocycles. The Hall–Kier alpha value is -2.21. The number of aromatic nitrogens is 3. The average Bonchev–Trinajstić information content (AvgIpc) is 3.07. The van der Waals surface area contributed by atoms with Gasteiger partial charge in [-0.15, -0.1) is 0 Å². The summed E-state index contributed by atoms with van der Waals surface area (Å²) in [6.07, 6.45) is 4.75. The number of rotatable bonds is 5. The van der Waals surface area contributed by atoms with Crippen LogP contribution in [0, 0.1) is 6.92 Å². The van der Waals surface area contributed by atoms with Gasteiger partial charge >= 0.3 is 0 Å². The number of H-pyrrole nitrogens is 1. The number of aromatic amines is 1. The fraction of sp³-hybridized carbons (Fsp3) is 0.368. The molecule has 2 aromatic heterocycles. The molecule has 2 N–H and O–H groups in total. The Labute approximate surface area is 152 Å². The molecule has 1 aromatic carbocycles. The molecule has 0 saturated carbocycles. The topological polar surface area (TPSA) is 56.8 Å². The third-order valence-electron chi connectivity index (χ3n) is 4.68. The van der Waals surface area contributed by atoms with Gasteiger partial charge in [0.15, 0.2) is 0 Å². The maximum atomic E-state index is 4.43. The molecule has 4 rings (SSSR count). The number of benzene rings is 1. The van der Waals surface area contributed by atoms with Crippen LogP contribution >= 0.6 is 11.8 Å². The molecule has 3 heterocycles. The lowest BCUT2D eigenvalue weighted by Crippen LogP contribution is -2.33. The van der Waals surface area contributed by atoms with Gasteiger partial charge < -0.3 is 15.2 Å². The first kappa shape index (κ1) is 16.3. The van der Waals surface area contributed by atoms with Crippen molar-refractivity contribution in [1.29, 1.82) is 0 Å². The summed E-state index contributed by atoms with van der Waals surface area (Å²) in [5, 5.41) is 4.80. The van der Waals surface area contributed by atoms with E-state index < -0.39 is 0 Å². The molecule has 0 spiro atoms. The summed E-state index contributed by atoms with van der Waals surface area (Å²) < 4.78 is 0. The van der Waals surface area contributed by atoms with Crippen molar-refractivity contribution in [2.75, 3.05) is 41.4 Å². The highest BCUT2D eigenvalue weighted by Gasteiger charge is 2.13. The van der Waals surface area contributed by atoms with Crippen LogP contribution < -0.4 is 10.2 Å². The number of nitrogens with one attached hydrogen (secondary N) is 2. The van der Waals surface area contributed by atoms with Gasteiger partial charge in [0.05, 0.1) is 0 Å². The zero-order chi connectivity index (χ0) is 17.1. The van der Waals surface area contributed by atoms with Gasteiger partial charge in [-0.3, -0.25) is 0 Å². The van der Waals surface area contributed by atoms with Gasteiger partial charge in [-0.1, -0.05) is 12.1 Å². The molecule has 6 heteroatoms. The summed E-state index contributed by atoms with van der Waals surface area (Å²) in [6.45, 7) is 5.15. The van der Waals surface area contributed by atoms with Crippen LogP contribution in [0.3, 0.4) is 0 Å². The normalized spacial score (nSPS) is 14.8. The van der Waals surface area contributed by atoms with Crippen LogP contribution in [0.25, 0.3) is 10.9 Å². The van der Waals surface area contributed by atoms with Crippen molar-refractivity contribution in [2.45, 2.75) is 13.3 Å². The first-order chi connectivity index (χ1) is 12.3. The van der Waals surface area contributed by atoms with Crippen molar-refractivity contribution in [2.24, 2.45) is 0 Å². The highest BCUT2D eigenvalue weighted by atomic mass is 32.2. The zero-order valence-electron chi connectivity index (χ0n) is 14.5. The Morgan fingerprint density at radius 2 is 2.12 bits per heavy atom. The third-order valence-corrected chi connectivity index (χ3v) is 5.63. The number of hydrogen-bond acceptors (Lipinski definition) is 5.